The van der Waals surface area contributed by atoms with Crippen molar-refractivity contribution in [3.8, 4) is 28.6 Å². The SMILES string of the molecule is COc1cc(-c2ncc(C(=O)N3CCCC3)c(N(C)C3CCCCC3)n2)cc(OC)c1OC. The molecule has 1 saturated carbocycles. The summed E-state index contributed by atoms with van der Waals surface area (Å²) in [5.41, 5.74) is 1.31. The van der Waals surface area contributed by atoms with E-state index < -0.39 is 0 Å². The highest BCUT2D eigenvalue weighted by Crippen LogP contribution is 2.41. The van der Waals surface area contributed by atoms with E-state index in [0.717, 1.165) is 44.3 Å². The molecule has 0 bridgehead atoms. The summed E-state index contributed by atoms with van der Waals surface area (Å²) < 4.78 is 16.5. The zero-order chi connectivity index (χ0) is 23.4. The molecule has 1 saturated heterocycles. The number of ether oxygens (including phenoxy) is 3. The number of benzene rings is 1. The Bertz CT molecular complexity index is 959. The molecule has 1 aromatic heterocycles. The van der Waals surface area contributed by atoms with Crippen molar-refractivity contribution < 1.29 is 19.0 Å². The van der Waals surface area contributed by atoms with Gasteiger partial charge in [0, 0.05) is 37.9 Å². The Balaban J connectivity index is 1.78. The lowest BCUT2D eigenvalue weighted by Gasteiger charge is -2.33. The van der Waals surface area contributed by atoms with Crippen LogP contribution in [0, 0.1) is 0 Å². The molecule has 8 nitrogen and oxygen atoms in total. The van der Waals surface area contributed by atoms with E-state index in [1.54, 1.807) is 27.5 Å². The van der Waals surface area contributed by atoms with E-state index in [0.29, 0.717) is 40.5 Å². The third-order valence-electron chi connectivity index (χ3n) is 6.77. The van der Waals surface area contributed by atoms with Crippen molar-refractivity contribution in [2.45, 2.75) is 51.0 Å². The van der Waals surface area contributed by atoms with Gasteiger partial charge in [0.15, 0.2) is 17.3 Å². The van der Waals surface area contributed by atoms with E-state index in [-0.39, 0.29) is 5.91 Å². The monoisotopic (exact) mass is 454 g/mol. The number of hydrogen-bond donors (Lipinski definition) is 0. The zero-order valence-corrected chi connectivity index (χ0v) is 20.1. The molecule has 0 radical (unpaired) electrons. The van der Waals surface area contributed by atoms with Gasteiger partial charge in [-0.1, -0.05) is 19.3 Å². The van der Waals surface area contributed by atoms with Crippen molar-refractivity contribution in [3.63, 3.8) is 0 Å². The van der Waals surface area contributed by atoms with E-state index >= 15 is 0 Å². The smallest absolute Gasteiger partial charge is 0.259 e. The Morgan fingerprint density at radius 2 is 1.61 bits per heavy atom. The van der Waals surface area contributed by atoms with Gasteiger partial charge in [0.2, 0.25) is 5.75 Å². The Hall–Kier alpha value is -3.03. The zero-order valence-electron chi connectivity index (χ0n) is 20.1. The molecule has 0 spiro atoms. The molecule has 0 unspecified atom stereocenters. The first-order valence-electron chi connectivity index (χ1n) is 11.8. The highest BCUT2D eigenvalue weighted by Gasteiger charge is 2.28. The van der Waals surface area contributed by atoms with Crippen LogP contribution >= 0.6 is 0 Å². The van der Waals surface area contributed by atoms with E-state index in [4.69, 9.17) is 19.2 Å². The number of rotatable bonds is 7. The van der Waals surface area contributed by atoms with Crippen LogP contribution in [0.3, 0.4) is 0 Å². The van der Waals surface area contributed by atoms with Gasteiger partial charge in [-0.3, -0.25) is 4.79 Å². The lowest BCUT2D eigenvalue weighted by Crippen LogP contribution is -2.37. The predicted molar refractivity (Wildman–Crippen MR) is 128 cm³/mol. The number of carbonyl (C=O) groups is 1. The Morgan fingerprint density at radius 3 is 2.18 bits per heavy atom. The van der Waals surface area contributed by atoms with Crippen LogP contribution in [0.2, 0.25) is 0 Å². The molecule has 2 heterocycles. The number of amides is 1. The largest absolute Gasteiger partial charge is 0.493 e. The van der Waals surface area contributed by atoms with Crippen LogP contribution < -0.4 is 19.1 Å². The van der Waals surface area contributed by atoms with Gasteiger partial charge in [0.25, 0.3) is 5.91 Å². The summed E-state index contributed by atoms with van der Waals surface area (Å²) >= 11 is 0. The minimum Gasteiger partial charge on any atom is -0.493 e. The lowest BCUT2D eigenvalue weighted by atomic mass is 9.94. The highest BCUT2D eigenvalue weighted by molar-refractivity contribution is 5.99. The molecule has 1 aromatic carbocycles. The molecule has 4 rings (SSSR count). The van der Waals surface area contributed by atoms with Crippen molar-refractivity contribution in [1.29, 1.82) is 0 Å². The predicted octanol–water partition coefficient (Wildman–Crippen LogP) is 4.17. The highest BCUT2D eigenvalue weighted by atomic mass is 16.5. The molecule has 1 aliphatic heterocycles. The molecule has 0 atom stereocenters. The van der Waals surface area contributed by atoms with Gasteiger partial charge in [-0.25, -0.2) is 9.97 Å². The molecular weight excluding hydrogens is 420 g/mol. The first kappa shape index (κ1) is 23.1. The molecule has 1 amide bonds. The number of nitrogens with zero attached hydrogens (tertiary/aromatic N) is 4. The molecule has 2 aromatic rings. The van der Waals surface area contributed by atoms with Crippen molar-refractivity contribution >= 4 is 11.7 Å². The maximum absolute atomic E-state index is 13.3. The number of likely N-dealkylation sites (tertiary alicyclic amines) is 1. The molecule has 178 valence electrons. The average Bonchev–Trinajstić information content (AvgIpc) is 3.42. The summed E-state index contributed by atoms with van der Waals surface area (Å²) in [4.78, 5) is 27.0. The summed E-state index contributed by atoms with van der Waals surface area (Å²) in [6, 6.07) is 4.04. The number of hydrogen-bond acceptors (Lipinski definition) is 7. The van der Waals surface area contributed by atoms with Crippen molar-refractivity contribution in [3.05, 3.63) is 23.9 Å². The maximum Gasteiger partial charge on any atom is 0.259 e. The van der Waals surface area contributed by atoms with Crippen LogP contribution in [0.1, 0.15) is 55.3 Å². The van der Waals surface area contributed by atoms with E-state index in [9.17, 15) is 4.79 Å². The summed E-state index contributed by atoms with van der Waals surface area (Å²) in [6.45, 7) is 1.58. The maximum atomic E-state index is 13.3. The topological polar surface area (TPSA) is 77.0 Å². The van der Waals surface area contributed by atoms with Crippen LogP contribution in [-0.2, 0) is 0 Å². The van der Waals surface area contributed by atoms with Crippen LogP contribution in [0.4, 0.5) is 5.82 Å². The van der Waals surface area contributed by atoms with Crippen molar-refractivity contribution in [2.24, 2.45) is 0 Å². The van der Waals surface area contributed by atoms with E-state index in [1.165, 1.54) is 19.3 Å². The molecule has 33 heavy (non-hydrogen) atoms. The van der Waals surface area contributed by atoms with Gasteiger partial charge in [0.05, 0.1) is 21.3 Å². The minimum atomic E-state index is 0.0154. The summed E-state index contributed by atoms with van der Waals surface area (Å²) in [7, 11) is 6.80. The molecule has 8 heteroatoms. The fourth-order valence-electron chi connectivity index (χ4n) is 4.87. The number of methoxy groups -OCH3 is 3. The van der Waals surface area contributed by atoms with Crippen LogP contribution in [0.15, 0.2) is 18.3 Å². The number of aromatic nitrogens is 2. The Kier molecular flexibility index (Phi) is 7.20. The van der Waals surface area contributed by atoms with Gasteiger partial charge in [0.1, 0.15) is 11.4 Å². The molecule has 2 fully saturated rings. The second-order valence-corrected chi connectivity index (χ2v) is 8.75. The summed E-state index contributed by atoms with van der Waals surface area (Å²) in [6.07, 6.45) is 9.66. The van der Waals surface area contributed by atoms with E-state index in [2.05, 4.69) is 16.9 Å². The fraction of sp³-hybridized carbons (Fsp3) is 0.560. The first-order chi connectivity index (χ1) is 16.1. The molecular formula is C25H34N4O4. The van der Waals surface area contributed by atoms with Gasteiger partial charge >= 0.3 is 0 Å². The molecule has 0 N–H and O–H groups in total. The molecule has 2 aliphatic rings. The quantitative estimate of drug-likeness (QED) is 0.621. The van der Waals surface area contributed by atoms with Crippen LogP contribution in [-0.4, -0.2) is 68.3 Å². The van der Waals surface area contributed by atoms with Crippen LogP contribution in [0.5, 0.6) is 17.2 Å². The standard InChI is InChI=1S/C25H34N4O4/c1-28(18-10-6-5-7-11-18)24-19(25(30)29-12-8-9-13-29)16-26-23(27-24)17-14-20(31-2)22(33-4)21(15-17)32-3/h14-16,18H,5-13H2,1-4H3. The van der Waals surface area contributed by atoms with Gasteiger partial charge < -0.3 is 24.0 Å². The van der Waals surface area contributed by atoms with Gasteiger partial charge in [-0.2, -0.15) is 0 Å². The Morgan fingerprint density at radius 1 is 0.970 bits per heavy atom. The van der Waals surface area contributed by atoms with Gasteiger partial charge in [-0.05, 0) is 37.8 Å². The van der Waals surface area contributed by atoms with Gasteiger partial charge in [-0.15, -0.1) is 0 Å². The Labute approximate surface area is 195 Å². The minimum absolute atomic E-state index is 0.0154. The van der Waals surface area contributed by atoms with Crippen LogP contribution in [0.25, 0.3) is 11.4 Å². The fourth-order valence-corrected chi connectivity index (χ4v) is 4.87. The third kappa shape index (κ3) is 4.70. The van der Waals surface area contributed by atoms with E-state index in [1.807, 2.05) is 17.0 Å². The molecule has 1 aliphatic carbocycles. The van der Waals surface area contributed by atoms with Crippen molar-refractivity contribution in [1.82, 2.24) is 14.9 Å². The summed E-state index contributed by atoms with van der Waals surface area (Å²) in [5, 5.41) is 0. The number of carbonyl (C=O) groups excluding carboxylic acids is 1. The normalized spacial score (nSPS) is 16.5. The lowest BCUT2D eigenvalue weighted by molar-refractivity contribution is 0.0792. The summed E-state index contributed by atoms with van der Waals surface area (Å²) in [5.74, 6) is 2.82. The third-order valence-corrected chi connectivity index (χ3v) is 6.77. The second-order valence-electron chi connectivity index (χ2n) is 8.75. The van der Waals surface area contributed by atoms with Crippen molar-refractivity contribution in [2.75, 3.05) is 46.4 Å². The number of anilines is 1. The first-order valence-corrected chi connectivity index (χ1v) is 11.8. The second kappa shape index (κ2) is 10.3. The average molecular weight is 455 g/mol.